The van der Waals surface area contributed by atoms with Crippen molar-refractivity contribution in [2.45, 2.75) is 51.7 Å². The lowest BCUT2D eigenvalue weighted by atomic mass is 9.81. The number of aryl methyl sites for hydroxylation is 1. The van der Waals surface area contributed by atoms with Crippen molar-refractivity contribution in [3.8, 4) is 5.75 Å². The molecule has 0 bridgehead atoms. The van der Waals surface area contributed by atoms with Crippen molar-refractivity contribution >= 4 is 24.5 Å². The van der Waals surface area contributed by atoms with Crippen molar-refractivity contribution in [3.63, 3.8) is 0 Å². The van der Waals surface area contributed by atoms with Gasteiger partial charge in [0.2, 0.25) is 0 Å². The van der Waals surface area contributed by atoms with Gasteiger partial charge in [0.1, 0.15) is 5.75 Å². The average molecular weight is 296 g/mol. The Labute approximate surface area is 126 Å². The SMILES string of the molecule is CC(C)(O)C(C)(C)O[B]c1cc2c(cc1Cl)OCCC2. The number of hydrogen-bond donors (Lipinski definition) is 1. The zero-order valence-electron chi connectivity index (χ0n) is 12.5. The maximum atomic E-state index is 10.1. The van der Waals surface area contributed by atoms with E-state index in [0.29, 0.717) is 5.02 Å². The summed E-state index contributed by atoms with van der Waals surface area (Å²) in [6.45, 7) is 7.89. The van der Waals surface area contributed by atoms with Gasteiger partial charge in [-0.3, -0.25) is 0 Å². The van der Waals surface area contributed by atoms with Gasteiger partial charge in [0.25, 0.3) is 0 Å². The fourth-order valence-corrected chi connectivity index (χ4v) is 2.04. The largest absolute Gasteiger partial charge is 0.493 e. The Bertz CT molecular complexity index is 495. The summed E-state index contributed by atoms with van der Waals surface area (Å²) < 4.78 is 11.3. The van der Waals surface area contributed by atoms with Gasteiger partial charge in [0.15, 0.2) is 0 Å². The first-order valence-electron chi connectivity index (χ1n) is 6.89. The van der Waals surface area contributed by atoms with E-state index in [4.69, 9.17) is 21.0 Å². The number of aliphatic hydroxyl groups is 1. The van der Waals surface area contributed by atoms with Gasteiger partial charge in [-0.2, -0.15) is 0 Å². The van der Waals surface area contributed by atoms with E-state index in [-0.39, 0.29) is 0 Å². The number of benzene rings is 1. The normalized spacial score (nSPS) is 15.5. The molecular formula is C15H21BClO3. The molecule has 0 fully saturated rings. The van der Waals surface area contributed by atoms with Crippen molar-refractivity contribution in [3.05, 3.63) is 22.7 Å². The quantitative estimate of drug-likeness (QED) is 0.867. The summed E-state index contributed by atoms with van der Waals surface area (Å²) >= 11 is 6.25. The van der Waals surface area contributed by atoms with Crippen LogP contribution in [0, 0.1) is 0 Å². The minimum Gasteiger partial charge on any atom is -0.493 e. The highest BCUT2D eigenvalue weighted by molar-refractivity contribution is 6.53. The Morgan fingerprint density at radius 1 is 1.30 bits per heavy atom. The Balaban J connectivity index is 2.14. The average Bonchev–Trinajstić information content (AvgIpc) is 2.35. The van der Waals surface area contributed by atoms with E-state index in [9.17, 15) is 5.11 Å². The summed E-state index contributed by atoms with van der Waals surface area (Å²) in [4.78, 5) is 0. The second kappa shape index (κ2) is 5.59. The molecule has 0 spiro atoms. The topological polar surface area (TPSA) is 38.7 Å². The van der Waals surface area contributed by atoms with Gasteiger partial charge in [-0.05, 0) is 57.6 Å². The molecule has 0 atom stereocenters. The Morgan fingerprint density at radius 3 is 2.65 bits per heavy atom. The first-order chi connectivity index (χ1) is 9.21. The summed E-state index contributed by atoms with van der Waals surface area (Å²) in [5.74, 6) is 0.861. The first kappa shape index (κ1) is 15.7. The molecule has 109 valence electrons. The molecule has 0 aliphatic carbocycles. The Morgan fingerprint density at radius 2 is 2.00 bits per heavy atom. The van der Waals surface area contributed by atoms with Gasteiger partial charge < -0.3 is 14.5 Å². The van der Waals surface area contributed by atoms with E-state index < -0.39 is 11.2 Å². The van der Waals surface area contributed by atoms with Gasteiger partial charge in [-0.15, -0.1) is 0 Å². The predicted molar refractivity (Wildman–Crippen MR) is 82.1 cm³/mol. The Hall–Kier alpha value is -0.705. The van der Waals surface area contributed by atoms with Crippen molar-refractivity contribution in [2.75, 3.05) is 6.61 Å². The molecule has 1 aliphatic heterocycles. The molecular weight excluding hydrogens is 274 g/mol. The van der Waals surface area contributed by atoms with Crippen LogP contribution in [0.25, 0.3) is 0 Å². The summed E-state index contributed by atoms with van der Waals surface area (Å²) in [6, 6.07) is 3.83. The molecule has 0 saturated carbocycles. The zero-order valence-corrected chi connectivity index (χ0v) is 13.3. The molecule has 2 rings (SSSR count). The monoisotopic (exact) mass is 295 g/mol. The highest BCUT2D eigenvalue weighted by Gasteiger charge is 2.36. The first-order valence-corrected chi connectivity index (χ1v) is 7.27. The smallest absolute Gasteiger partial charge is 0.332 e. The van der Waals surface area contributed by atoms with E-state index >= 15 is 0 Å². The van der Waals surface area contributed by atoms with Crippen LogP contribution >= 0.6 is 11.6 Å². The molecule has 0 amide bonds. The lowest BCUT2D eigenvalue weighted by molar-refractivity contribution is -0.0893. The molecule has 5 heteroatoms. The van der Waals surface area contributed by atoms with E-state index in [1.165, 1.54) is 0 Å². The zero-order chi connectivity index (χ0) is 15.0. The molecule has 1 aromatic carbocycles. The number of fused-ring (bicyclic) bond motifs is 1. The molecule has 1 aliphatic rings. The number of ether oxygens (including phenoxy) is 1. The number of rotatable bonds is 4. The van der Waals surface area contributed by atoms with E-state index in [1.807, 2.05) is 26.0 Å². The van der Waals surface area contributed by atoms with Crippen LogP contribution in [0.5, 0.6) is 5.75 Å². The summed E-state index contributed by atoms with van der Waals surface area (Å²) in [6.07, 6.45) is 2.01. The van der Waals surface area contributed by atoms with Gasteiger partial charge >= 0.3 is 7.48 Å². The maximum Gasteiger partial charge on any atom is 0.332 e. The summed E-state index contributed by atoms with van der Waals surface area (Å²) in [5.41, 5.74) is 0.306. The van der Waals surface area contributed by atoms with E-state index in [0.717, 1.165) is 36.2 Å². The van der Waals surface area contributed by atoms with Gasteiger partial charge in [0, 0.05) is 5.02 Å². The van der Waals surface area contributed by atoms with Crippen LogP contribution in [-0.4, -0.2) is 30.4 Å². The summed E-state index contributed by atoms with van der Waals surface area (Å²) in [5, 5.41) is 10.7. The van der Waals surface area contributed by atoms with E-state index in [2.05, 4.69) is 0 Å². The lowest BCUT2D eigenvalue weighted by Crippen LogP contribution is -2.49. The van der Waals surface area contributed by atoms with E-state index in [1.54, 1.807) is 21.3 Å². The second-order valence-electron chi connectivity index (χ2n) is 6.24. The lowest BCUT2D eigenvalue weighted by Gasteiger charge is -2.37. The molecule has 1 heterocycles. The molecule has 1 aromatic rings. The standard InChI is InChI=1S/C15H21BClO3/c1-14(2,18)15(3,4)20-16-11-8-10-6-5-7-19-13(10)9-12(11)17/h8-9,18H,5-7H2,1-4H3. The molecule has 0 unspecified atom stereocenters. The van der Waals surface area contributed by atoms with Gasteiger partial charge in [-0.25, -0.2) is 0 Å². The van der Waals surface area contributed by atoms with Crippen molar-refractivity contribution in [2.24, 2.45) is 0 Å². The van der Waals surface area contributed by atoms with Crippen molar-refractivity contribution in [1.29, 1.82) is 0 Å². The molecule has 0 aromatic heterocycles. The van der Waals surface area contributed by atoms with Gasteiger partial charge in [-0.1, -0.05) is 17.7 Å². The van der Waals surface area contributed by atoms with Crippen LogP contribution in [-0.2, 0) is 11.1 Å². The number of hydrogen-bond acceptors (Lipinski definition) is 3. The highest BCUT2D eigenvalue weighted by Crippen LogP contribution is 2.28. The molecule has 0 saturated heterocycles. The fraction of sp³-hybridized carbons (Fsp3) is 0.600. The fourth-order valence-electron chi connectivity index (χ4n) is 1.84. The number of halogens is 1. The third-order valence-corrected chi connectivity index (χ3v) is 4.31. The molecule has 20 heavy (non-hydrogen) atoms. The third-order valence-electron chi connectivity index (χ3n) is 3.98. The second-order valence-corrected chi connectivity index (χ2v) is 6.65. The van der Waals surface area contributed by atoms with Crippen LogP contribution < -0.4 is 10.2 Å². The van der Waals surface area contributed by atoms with Gasteiger partial charge in [0.05, 0.1) is 17.8 Å². The molecule has 1 N–H and O–H groups in total. The molecule has 3 nitrogen and oxygen atoms in total. The maximum absolute atomic E-state index is 10.1. The van der Waals surface area contributed by atoms with Crippen molar-refractivity contribution < 1.29 is 14.5 Å². The van der Waals surface area contributed by atoms with Crippen molar-refractivity contribution in [1.82, 2.24) is 0 Å². The minimum absolute atomic E-state index is 0.595. The van der Waals surface area contributed by atoms with Crippen LogP contribution in [0.2, 0.25) is 5.02 Å². The molecule has 1 radical (unpaired) electrons. The summed E-state index contributed by atoms with van der Waals surface area (Å²) in [7, 11) is 1.62. The third kappa shape index (κ3) is 3.30. The highest BCUT2D eigenvalue weighted by atomic mass is 35.5. The van der Waals surface area contributed by atoms with Crippen LogP contribution in [0.4, 0.5) is 0 Å². The van der Waals surface area contributed by atoms with Crippen LogP contribution in [0.1, 0.15) is 39.7 Å². The Kier molecular flexibility index (Phi) is 4.38. The predicted octanol–water partition coefficient (Wildman–Crippen LogP) is 2.48. The minimum atomic E-state index is -0.951. The van der Waals surface area contributed by atoms with Crippen LogP contribution in [0.3, 0.4) is 0 Å². The van der Waals surface area contributed by atoms with Crippen LogP contribution in [0.15, 0.2) is 12.1 Å².